The Morgan fingerprint density at radius 2 is 2.00 bits per heavy atom. The molecule has 1 aromatic heterocycles. The smallest absolute Gasteiger partial charge is 0.341 e. The molecule has 17 heavy (non-hydrogen) atoms. The highest BCUT2D eigenvalue weighted by atomic mass is 16.4. The number of pyridine rings is 1. The van der Waals surface area contributed by atoms with E-state index in [-0.39, 0.29) is 5.56 Å². The molecule has 0 spiro atoms. The Morgan fingerprint density at radius 3 is 2.47 bits per heavy atom. The Balaban J connectivity index is 3.11. The van der Waals surface area contributed by atoms with Crippen molar-refractivity contribution < 1.29 is 9.90 Å². The van der Waals surface area contributed by atoms with E-state index in [9.17, 15) is 9.59 Å². The Bertz CT molecular complexity index is 458. The van der Waals surface area contributed by atoms with Crippen molar-refractivity contribution in [2.75, 3.05) is 0 Å². The molecule has 1 rings (SSSR count). The van der Waals surface area contributed by atoms with E-state index in [2.05, 4.69) is 13.8 Å². The molecule has 0 unspecified atom stereocenters. The standard InChI is InChI=1S/C13H19NO3/c1-4-10(5-2)7-14-8-11(13(16)17)12(15)6-9(14)3/h6,8,10H,4-5,7H2,1-3H3,(H,16,17). The molecule has 0 saturated heterocycles. The van der Waals surface area contributed by atoms with Crippen LogP contribution in [-0.2, 0) is 6.54 Å². The maximum absolute atomic E-state index is 11.5. The zero-order valence-electron chi connectivity index (χ0n) is 10.6. The van der Waals surface area contributed by atoms with Crippen LogP contribution in [0.5, 0.6) is 0 Å². The first-order chi connectivity index (χ1) is 7.99. The monoisotopic (exact) mass is 237 g/mol. The molecule has 1 heterocycles. The van der Waals surface area contributed by atoms with Crippen LogP contribution < -0.4 is 5.43 Å². The molecule has 94 valence electrons. The van der Waals surface area contributed by atoms with Crippen LogP contribution in [0.1, 0.15) is 42.7 Å². The zero-order valence-corrected chi connectivity index (χ0v) is 10.6. The van der Waals surface area contributed by atoms with Crippen LogP contribution in [0.2, 0.25) is 0 Å². The van der Waals surface area contributed by atoms with E-state index in [4.69, 9.17) is 5.11 Å². The maximum atomic E-state index is 11.5. The topological polar surface area (TPSA) is 59.3 Å². The summed E-state index contributed by atoms with van der Waals surface area (Å²) < 4.78 is 1.86. The highest BCUT2D eigenvalue weighted by Crippen LogP contribution is 2.12. The quantitative estimate of drug-likeness (QED) is 0.854. The van der Waals surface area contributed by atoms with Gasteiger partial charge in [0.2, 0.25) is 0 Å². The molecule has 0 saturated carbocycles. The van der Waals surface area contributed by atoms with Gasteiger partial charge in [0.05, 0.1) is 0 Å². The van der Waals surface area contributed by atoms with Crippen LogP contribution >= 0.6 is 0 Å². The van der Waals surface area contributed by atoms with Gasteiger partial charge in [0, 0.05) is 24.5 Å². The van der Waals surface area contributed by atoms with E-state index in [0.717, 1.165) is 25.1 Å². The van der Waals surface area contributed by atoms with Crippen LogP contribution in [-0.4, -0.2) is 15.6 Å². The summed E-state index contributed by atoms with van der Waals surface area (Å²) in [7, 11) is 0. The average molecular weight is 237 g/mol. The molecule has 0 fully saturated rings. The van der Waals surface area contributed by atoms with Gasteiger partial charge in [0.1, 0.15) is 5.56 Å². The van der Waals surface area contributed by atoms with Crippen molar-refractivity contribution in [3.63, 3.8) is 0 Å². The van der Waals surface area contributed by atoms with Gasteiger partial charge in [-0.05, 0) is 12.8 Å². The molecule has 1 aromatic rings. The summed E-state index contributed by atoms with van der Waals surface area (Å²) in [5, 5.41) is 8.92. The van der Waals surface area contributed by atoms with Crippen LogP contribution in [0.3, 0.4) is 0 Å². The van der Waals surface area contributed by atoms with Gasteiger partial charge < -0.3 is 9.67 Å². The third kappa shape index (κ3) is 3.19. The lowest BCUT2D eigenvalue weighted by molar-refractivity contribution is 0.0694. The Hall–Kier alpha value is -1.58. The summed E-state index contributed by atoms with van der Waals surface area (Å²) in [5.74, 6) is -0.647. The first kappa shape index (κ1) is 13.5. The molecule has 0 aliphatic heterocycles. The normalized spacial score (nSPS) is 10.8. The molecule has 1 N–H and O–H groups in total. The van der Waals surface area contributed by atoms with Gasteiger partial charge in [-0.25, -0.2) is 4.79 Å². The Morgan fingerprint density at radius 1 is 1.41 bits per heavy atom. The second kappa shape index (κ2) is 5.66. The molecule has 4 heteroatoms. The molecule has 4 nitrogen and oxygen atoms in total. The van der Waals surface area contributed by atoms with Gasteiger partial charge >= 0.3 is 5.97 Å². The lowest BCUT2D eigenvalue weighted by atomic mass is 10.0. The second-order valence-corrected chi connectivity index (χ2v) is 4.33. The zero-order chi connectivity index (χ0) is 13.0. The molecule has 0 atom stereocenters. The minimum absolute atomic E-state index is 0.151. The summed E-state index contributed by atoms with van der Waals surface area (Å²) in [5.41, 5.74) is 0.240. The number of aryl methyl sites for hydroxylation is 1. The van der Waals surface area contributed by atoms with Gasteiger partial charge in [-0.15, -0.1) is 0 Å². The average Bonchev–Trinajstić information content (AvgIpc) is 2.27. The number of aromatic nitrogens is 1. The highest BCUT2D eigenvalue weighted by molar-refractivity contribution is 5.87. The van der Waals surface area contributed by atoms with Gasteiger partial charge in [-0.1, -0.05) is 26.7 Å². The van der Waals surface area contributed by atoms with Gasteiger partial charge in [-0.3, -0.25) is 4.79 Å². The molecular weight excluding hydrogens is 218 g/mol. The van der Waals surface area contributed by atoms with Gasteiger partial charge in [0.15, 0.2) is 5.43 Å². The third-order valence-electron chi connectivity index (χ3n) is 3.18. The van der Waals surface area contributed by atoms with E-state index in [1.165, 1.54) is 12.3 Å². The second-order valence-electron chi connectivity index (χ2n) is 4.33. The predicted molar refractivity (Wildman–Crippen MR) is 66.5 cm³/mol. The van der Waals surface area contributed by atoms with E-state index in [0.29, 0.717) is 5.92 Å². The lowest BCUT2D eigenvalue weighted by Gasteiger charge is -2.17. The van der Waals surface area contributed by atoms with Crippen molar-refractivity contribution in [1.82, 2.24) is 4.57 Å². The van der Waals surface area contributed by atoms with Gasteiger partial charge in [-0.2, -0.15) is 0 Å². The van der Waals surface area contributed by atoms with Crippen LogP contribution in [0, 0.1) is 12.8 Å². The van der Waals surface area contributed by atoms with E-state index >= 15 is 0 Å². The van der Waals surface area contributed by atoms with Crippen molar-refractivity contribution in [2.45, 2.75) is 40.2 Å². The van der Waals surface area contributed by atoms with Crippen LogP contribution in [0.25, 0.3) is 0 Å². The molecule has 0 bridgehead atoms. The Labute approximate surface area is 101 Å². The lowest BCUT2D eigenvalue weighted by Crippen LogP contribution is -2.21. The summed E-state index contributed by atoms with van der Waals surface area (Å²) >= 11 is 0. The molecule has 0 aliphatic rings. The molecule has 0 amide bonds. The van der Waals surface area contributed by atoms with Crippen LogP contribution in [0.15, 0.2) is 17.1 Å². The van der Waals surface area contributed by atoms with Crippen molar-refractivity contribution in [2.24, 2.45) is 5.92 Å². The summed E-state index contributed by atoms with van der Waals surface area (Å²) in [4.78, 5) is 22.4. The van der Waals surface area contributed by atoms with E-state index in [1.807, 2.05) is 11.5 Å². The predicted octanol–water partition coefficient (Wildman–Crippen LogP) is 2.29. The first-order valence-corrected chi connectivity index (χ1v) is 5.93. The number of carboxylic acids is 1. The van der Waals surface area contributed by atoms with Crippen LogP contribution in [0.4, 0.5) is 0 Å². The molecular formula is C13H19NO3. The first-order valence-electron chi connectivity index (χ1n) is 5.93. The summed E-state index contributed by atoms with van der Waals surface area (Å²) in [6, 6.07) is 1.39. The van der Waals surface area contributed by atoms with Crippen molar-refractivity contribution in [3.05, 3.63) is 33.7 Å². The molecule has 0 aromatic carbocycles. The number of rotatable bonds is 5. The minimum Gasteiger partial charge on any atom is -0.477 e. The van der Waals surface area contributed by atoms with Gasteiger partial charge in [0.25, 0.3) is 0 Å². The SMILES string of the molecule is CCC(CC)Cn1cc(C(=O)O)c(=O)cc1C. The third-order valence-corrected chi connectivity index (χ3v) is 3.18. The minimum atomic E-state index is -1.16. The van der Waals surface area contributed by atoms with Crippen molar-refractivity contribution in [3.8, 4) is 0 Å². The Kier molecular flexibility index (Phi) is 4.49. The van der Waals surface area contributed by atoms with E-state index in [1.54, 1.807) is 0 Å². The molecule has 0 radical (unpaired) electrons. The highest BCUT2D eigenvalue weighted by Gasteiger charge is 2.12. The largest absolute Gasteiger partial charge is 0.477 e. The fourth-order valence-corrected chi connectivity index (χ4v) is 1.85. The number of aromatic carboxylic acids is 1. The number of hydrogen-bond donors (Lipinski definition) is 1. The number of carbonyl (C=O) groups is 1. The summed E-state index contributed by atoms with van der Waals surface area (Å²) in [6.07, 6.45) is 3.55. The molecule has 0 aliphatic carbocycles. The fourth-order valence-electron chi connectivity index (χ4n) is 1.85. The van der Waals surface area contributed by atoms with E-state index < -0.39 is 11.4 Å². The summed E-state index contributed by atoms with van der Waals surface area (Å²) in [6.45, 7) is 6.82. The number of carboxylic acid groups (broad SMARTS) is 1. The van der Waals surface area contributed by atoms with Crippen molar-refractivity contribution >= 4 is 5.97 Å². The number of nitrogens with zero attached hydrogens (tertiary/aromatic N) is 1. The van der Waals surface area contributed by atoms with Crippen molar-refractivity contribution in [1.29, 1.82) is 0 Å². The maximum Gasteiger partial charge on any atom is 0.341 e. The number of hydrogen-bond acceptors (Lipinski definition) is 2. The fraction of sp³-hybridized carbons (Fsp3) is 0.538.